The predicted molar refractivity (Wildman–Crippen MR) is 88.8 cm³/mol. The summed E-state index contributed by atoms with van der Waals surface area (Å²) in [4.78, 5) is 5.32. The Labute approximate surface area is 135 Å². The van der Waals surface area contributed by atoms with Gasteiger partial charge in [-0.2, -0.15) is 0 Å². The topological polar surface area (TPSA) is 46.6 Å². The van der Waals surface area contributed by atoms with Gasteiger partial charge in [0.05, 0.1) is 18.1 Å². The highest BCUT2D eigenvalue weighted by Gasteiger charge is 2.24. The molecular weight excluding hydrogens is 296 g/mol. The van der Waals surface area contributed by atoms with Crippen LogP contribution >= 0.6 is 11.8 Å². The summed E-state index contributed by atoms with van der Waals surface area (Å²) in [5.41, 5.74) is 1.59. The van der Waals surface area contributed by atoms with E-state index in [1.54, 1.807) is 17.8 Å². The van der Waals surface area contributed by atoms with Crippen LogP contribution in [0.5, 0.6) is 11.5 Å². The number of benzene rings is 2. The van der Waals surface area contributed by atoms with Crippen molar-refractivity contribution in [1.82, 2.24) is 0 Å². The second-order valence-electron chi connectivity index (χ2n) is 4.62. The Morgan fingerprint density at radius 2 is 1.59 bits per heavy atom. The Kier molecular flexibility index (Phi) is 5.68. The molecular formula is C17H19N2O2S+. The molecule has 22 heavy (non-hydrogen) atoms. The third-order valence-electron chi connectivity index (χ3n) is 2.99. The molecule has 0 saturated heterocycles. The third-order valence-corrected chi connectivity index (χ3v) is 4.04. The first kappa shape index (κ1) is 16.2. The molecule has 0 saturated carbocycles. The van der Waals surface area contributed by atoms with Gasteiger partial charge in [0, 0.05) is 11.0 Å². The molecule has 0 unspecified atom stereocenters. The zero-order valence-corrected chi connectivity index (χ0v) is 13.8. The van der Waals surface area contributed by atoms with E-state index < -0.39 is 0 Å². The molecule has 0 aliphatic rings. The fourth-order valence-electron chi connectivity index (χ4n) is 1.99. The Hall–Kier alpha value is -2.19. The van der Waals surface area contributed by atoms with Crippen molar-refractivity contribution in [2.75, 3.05) is 13.2 Å². The van der Waals surface area contributed by atoms with E-state index in [0.717, 1.165) is 9.79 Å². The molecule has 114 valence electrons. The molecule has 2 aromatic rings. The maximum absolute atomic E-state index is 9.13. The minimum Gasteiger partial charge on any atom is -0.489 e. The van der Waals surface area contributed by atoms with Crippen molar-refractivity contribution < 1.29 is 9.47 Å². The Balaban J connectivity index is 2.43. The Morgan fingerprint density at radius 3 is 2.18 bits per heavy atom. The molecule has 2 rings (SSSR count). The van der Waals surface area contributed by atoms with Gasteiger partial charge in [-0.1, -0.05) is 29.5 Å². The molecule has 0 spiro atoms. The van der Waals surface area contributed by atoms with E-state index in [4.69, 9.17) is 14.9 Å². The van der Waals surface area contributed by atoms with Crippen molar-refractivity contribution in [2.45, 2.75) is 30.6 Å². The van der Waals surface area contributed by atoms with E-state index >= 15 is 0 Å². The number of rotatable bonds is 6. The lowest BCUT2D eigenvalue weighted by atomic mass is 10.2. The van der Waals surface area contributed by atoms with E-state index in [1.807, 2.05) is 19.9 Å². The molecule has 0 N–H and O–H groups in total. The smallest absolute Gasteiger partial charge is 0.430 e. The van der Waals surface area contributed by atoms with Gasteiger partial charge in [0.25, 0.3) is 5.75 Å². The number of nitrogens with zero attached hydrogens (tertiary/aromatic N) is 2. The summed E-state index contributed by atoms with van der Waals surface area (Å²) in [7, 11) is 0. The SMILES string of the molecule is CCOc1c([N+]#N)ccc(Sc2ccc(C)cc2)c1OCC. The van der Waals surface area contributed by atoms with Crippen LogP contribution in [0.2, 0.25) is 0 Å². The minimum atomic E-state index is 0.374. The van der Waals surface area contributed by atoms with Crippen molar-refractivity contribution in [3.63, 3.8) is 0 Å². The van der Waals surface area contributed by atoms with Crippen LogP contribution in [0.4, 0.5) is 5.69 Å². The van der Waals surface area contributed by atoms with Gasteiger partial charge in [-0.15, -0.1) is 0 Å². The average Bonchev–Trinajstić information content (AvgIpc) is 2.53. The third kappa shape index (κ3) is 3.71. The van der Waals surface area contributed by atoms with Crippen molar-refractivity contribution in [2.24, 2.45) is 0 Å². The lowest BCUT2D eigenvalue weighted by molar-refractivity contribution is 0.283. The summed E-state index contributed by atoms with van der Waals surface area (Å²) < 4.78 is 11.4. The van der Waals surface area contributed by atoms with Crippen molar-refractivity contribution in [3.8, 4) is 11.5 Å². The molecule has 0 atom stereocenters. The molecule has 5 heteroatoms. The van der Waals surface area contributed by atoms with Gasteiger partial charge < -0.3 is 9.47 Å². The van der Waals surface area contributed by atoms with Gasteiger partial charge in [0.2, 0.25) is 5.39 Å². The molecule has 4 nitrogen and oxygen atoms in total. The van der Waals surface area contributed by atoms with Crippen LogP contribution < -0.4 is 9.47 Å². The highest BCUT2D eigenvalue weighted by molar-refractivity contribution is 7.99. The normalized spacial score (nSPS) is 10.1. The summed E-state index contributed by atoms with van der Waals surface area (Å²) in [5, 5.41) is 9.13. The zero-order valence-electron chi connectivity index (χ0n) is 13.0. The van der Waals surface area contributed by atoms with Crippen molar-refractivity contribution >= 4 is 17.4 Å². The summed E-state index contributed by atoms with van der Waals surface area (Å²) in [6, 6.07) is 11.9. The van der Waals surface area contributed by atoms with Crippen LogP contribution in [0.3, 0.4) is 0 Å². The van der Waals surface area contributed by atoms with E-state index in [2.05, 4.69) is 36.2 Å². The van der Waals surface area contributed by atoms with Gasteiger partial charge in [-0.3, -0.25) is 0 Å². The predicted octanol–water partition coefficient (Wildman–Crippen LogP) is 5.43. The van der Waals surface area contributed by atoms with E-state index in [-0.39, 0.29) is 0 Å². The van der Waals surface area contributed by atoms with Crippen LogP contribution in [0, 0.1) is 12.3 Å². The second kappa shape index (κ2) is 7.71. The van der Waals surface area contributed by atoms with Crippen LogP contribution in [0.15, 0.2) is 46.2 Å². The minimum absolute atomic E-state index is 0.374. The maximum Gasteiger partial charge on any atom is 0.430 e. The summed E-state index contributed by atoms with van der Waals surface area (Å²) in [6.07, 6.45) is 0. The first-order valence-electron chi connectivity index (χ1n) is 7.21. The van der Waals surface area contributed by atoms with Gasteiger partial charge in [-0.25, -0.2) is 0 Å². The molecule has 0 bridgehead atoms. The van der Waals surface area contributed by atoms with Gasteiger partial charge in [0.15, 0.2) is 10.7 Å². The number of diazo groups is 1. The molecule has 0 heterocycles. The van der Waals surface area contributed by atoms with Gasteiger partial charge in [-0.05, 0) is 39.0 Å². The monoisotopic (exact) mass is 315 g/mol. The van der Waals surface area contributed by atoms with E-state index in [1.165, 1.54) is 5.56 Å². The van der Waals surface area contributed by atoms with E-state index in [9.17, 15) is 0 Å². The average molecular weight is 315 g/mol. The maximum atomic E-state index is 9.13. The molecule has 0 aromatic heterocycles. The molecule has 0 aliphatic carbocycles. The lowest BCUT2D eigenvalue weighted by Crippen LogP contribution is -2.00. The molecule has 0 fully saturated rings. The van der Waals surface area contributed by atoms with Crippen LogP contribution in [-0.2, 0) is 0 Å². The highest BCUT2D eigenvalue weighted by atomic mass is 32.2. The Bertz CT molecular complexity index is 678. The van der Waals surface area contributed by atoms with Crippen molar-refractivity contribution in [1.29, 1.82) is 5.39 Å². The van der Waals surface area contributed by atoms with Gasteiger partial charge >= 0.3 is 5.69 Å². The van der Waals surface area contributed by atoms with Crippen LogP contribution in [-0.4, -0.2) is 13.2 Å². The Morgan fingerprint density at radius 1 is 0.955 bits per heavy atom. The summed E-state index contributed by atoms with van der Waals surface area (Å²) in [6.45, 7) is 6.85. The fraction of sp³-hybridized carbons (Fsp3) is 0.294. The zero-order chi connectivity index (χ0) is 15.9. The summed E-state index contributed by atoms with van der Waals surface area (Å²) >= 11 is 1.59. The number of hydrogen-bond acceptors (Lipinski definition) is 4. The van der Waals surface area contributed by atoms with Crippen molar-refractivity contribution in [3.05, 3.63) is 46.9 Å². The first-order valence-corrected chi connectivity index (χ1v) is 8.03. The number of ether oxygens (including phenoxy) is 2. The second-order valence-corrected chi connectivity index (χ2v) is 5.74. The van der Waals surface area contributed by atoms with Crippen LogP contribution in [0.1, 0.15) is 19.4 Å². The fourth-order valence-corrected chi connectivity index (χ4v) is 2.90. The standard InChI is InChI=1S/C17H19N2O2S/c1-4-20-16-14(19-18)10-11-15(17(16)21-5-2)22-13-8-6-12(3)7-9-13/h6-11H,4-5H2,1-3H3/q+1. The van der Waals surface area contributed by atoms with Crippen LogP contribution in [0.25, 0.3) is 4.98 Å². The molecule has 0 aliphatic heterocycles. The quantitative estimate of drug-likeness (QED) is 0.667. The largest absolute Gasteiger partial charge is 0.489 e. The molecule has 0 amide bonds. The first-order chi connectivity index (χ1) is 10.7. The molecule has 2 aromatic carbocycles. The van der Waals surface area contributed by atoms with Gasteiger partial charge in [0.1, 0.15) is 0 Å². The highest BCUT2D eigenvalue weighted by Crippen LogP contribution is 2.46. The number of hydrogen-bond donors (Lipinski definition) is 0. The lowest BCUT2D eigenvalue weighted by Gasteiger charge is -2.13. The van der Waals surface area contributed by atoms with E-state index in [0.29, 0.717) is 30.4 Å². The summed E-state index contributed by atoms with van der Waals surface area (Å²) in [5.74, 6) is 1.09. The molecule has 0 radical (unpaired) electrons. The number of aryl methyl sites for hydroxylation is 1.